The molecular formula is C40H41N3O7. The van der Waals surface area contributed by atoms with Crippen molar-refractivity contribution >= 4 is 17.3 Å². The minimum absolute atomic E-state index is 0.0500. The Labute approximate surface area is 291 Å². The van der Waals surface area contributed by atoms with Crippen LogP contribution in [0.5, 0.6) is 11.6 Å². The van der Waals surface area contributed by atoms with Gasteiger partial charge in [0.25, 0.3) is 5.88 Å². The molecule has 1 aromatic heterocycles. The number of aliphatic hydroxyl groups is 1. The summed E-state index contributed by atoms with van der Waals surface area (Å²) in [5.41, 5.74) is 1.58. The van der Waals surface area contributed by atoms with E-state index in [1.165, 1.54) is 0 Å². The zero-order valence-corrected chi connectivity index (χ0v) is 28.5. The number of likely N-dealkylation sites (tertiary alicyclic amines) is 1. The number of fused-ring (bicyclic) bond motifs is 4. The Kier molecular flexibility index (Phi) is 8.20. The van der Waals surface area contributed by atoms with Gasteiger partial charge in [-0.1, -0.05) is 66.7 Å². The first kappa shape index (κ1) is 32.6. The highest BCUT2D eigenvalue weighted by Crippen LogP contribution is 2.55. The number of benzene rings is 3. The van der Waals surface area contributed by atoms with E-state index in [0.29, 0.717) is 17.7 Å². The maximum absolute atomic E-state index is 14.7. The SMILES string of the molecule is CN(C)C1c2onc(OCc3ccccc3)c2C(=O)C2(O)C(=O)C3C(=O)c4c(cc(C5CCCN5C)cc4OCc4ccccc4)CC3CC12. The van der Waals surface area contributed by atoms with Crippen molar-refractivity contribution < 1.29 is 33.5 Å². The molecule has 4 aromatic rings. The standard InChI is InChI=1S/C40H41N3O7/c1-42(2)34-28-19-27-18-26-17-25(29-15-10-16-43(29)3)20-30(48-21-23-11-6-4-7-12-23)31(26)35(44)32(27)37(45)40(28,47)38(46)33-36(34)50-41-39(33)49-22-24-13-8-5-9-14-24/h4-9,11-14,17,20,27-29,32,34,47H,10,15-16,18-19,21-22H2,1-3H3. The number of ether oxygens (including phenoxy) is 2. The van der Waals surface area contributed by atoms with Crippen molar-refractivity contribution in [3.05, 3.63) is 112 Å². The Balaban J connectivity index is 1.17. The van der Waals surface area contributed by atoms with E-state index in [4.69, 9.17) is 14.0 Å². The molecule has 0 bridgehead atoms. The summed E-state index contributed by atoms with van der Waals surface area (Å²) < 4.78 is 18.1. The van der Waals surface area contributed by atoms with Gasteiger partial charge in [-0.2, -0.15) is 0 Å². The lowest BCUT2D eigenvalue weighted by molar-refractivity contribution is -0.153. The fourth-order valence-corrected chi connectivity index (χ4v) is 8.88. The maximum Gasteiger partial charge on any atom is 0.265 e. The van der Waals surface area contributed by atoms with Crippen LogP contribution in [0.3, 0.4) is 0 Å². The molecule has 4 aliphatic rings. The third-order valence-electron chi connectivity index (χ3n) is 11.3. The highest BCUT2D eigenvalue weighted by molar-refractivity contribution is 6.26. The molecule has 8 rings (SSSR count). The Bertz CT molecular complexity index is 1960. The number of Topliss-reactive ketones (excluding diaryl/α,β-unsaturated/α-hetero) is 3. The van der Waals surface area contributed by atoms with Crippen LogP contribution in [0.25, 0.3) is 0 Å². The summed E-state index contributed by atoms with van der Waals surface area (Å²) in [5.74, 6) is -3.88. The summed E-state index contributed by atoms with van der Waals surface area (Å²) in [6, 6.07) is 22.7. The third-order valence-corrected chi connectivity index (χ3v) is 11.3. The van der Waals surface area contributed by atoms with Crippen LogP contribution in [0, 0.1) is 17.8 Å². The van der Waals surface area contributed by atoms with Gasteiger partial charge in [0.15, 0.2) is 22.9 Å². The van der Waals surface area contributed by atoms with Crippen molar-refractivity contribution in [2.75, 3.05) is 27.7 Å². The molecule has 2 heterocycles. The number of hydrogen-bond donors (Lipinski definition) is 1. The summed E-state index contributed by atoms with van der Waals surface area (Å²) in [7, 11) is 5.74. The monoisotopic (exact) mass is 675 g/mol. The Hall–Kier alpha value is -4.64. The zero-order chi connectivity index (χ0) is 34.7. The predicted octanol–water partition coefficient (Wildman–Crippen LogP) is 5.39. The van der Waals surface area contributed by atoms with Crippen LogP contribution >= 0.6 is 0 Å². The van der Waals surface area contributed by atoms with Gasteiger partial charge < -0.3 is 19.1 Å². The van der Waals surface area contributed by atoms with Gasteiger partial charge in [0, 0.05) is 12.0 Å². The average molecular weight is 676 g/mol. The number of nitrogens with zero attached hydrogens (tertiary/aromatic N) is 3. The van der Waals surface area contributed by atoms with Crippen molar-refractivity contribution in [2.24, 2.45) is 17.8 Å². The average Bonchev–Trinajstić information content (AvgIpc) is 3.74. The summed E-state index contributed by atoms with van der Waals surface area (Å²) in [6.45, 7) is 1.35. The van der Waals surface area contributed by atoms with Crippen molar-refractivity contribution in [1.29, 1.82) is 0 Å². The number of carbonyl (C=O) groups excluding carboxylic acids is 3. The highest BCUT2D eigenvalue weighted by Gasteiger charge is 2.67. The lowest BCUT2D eigenvalue weighted by atomic mass is 9.54. The summed E-state index contributed by atoms with van der Waals surface area (Å²) in [5, 5.41) is 16.5. The van der Waals surface area contributed by atoms with Gasteiger partial charge in [-0.05, 0) is 92.8 Å². The molecule has 10 heteroatoms. The molecule has 6 atom stereocenters. The zero-order valence-electron chi connectivity index (χ0n) is 28.5. The molecule has 1 N–H and O–H groups in total. The molecule has 3 aromatic carbocycles. The third kappa shape index (κ3) is 5.20. The lowest BCUT2D eigenvalue weighted by Crippen LogP contribution is -2.66. The number of carbonyl (C=O) groups is 3. The predicted molar refractivity (Wildman–Crippen MR) is 183 cm³/mol. The molecule has 1 saturated carbocycles. The van der Waals surface area contributed by atoms with Crippen molar-refractivity contribution in [1.82, 2.24) is 15.0 Å². The lowest BCUT2D eigenvalue weighted by Gasteiger charge is -2.51. The second-order valence-corrected chi connectivity index (χ2v) is 14.5. The molecule has 3 aliphatic carbocycles. The minimum atomic E-state index is -2.47. The van der Waals surface area contributed by atoms with E-state index in [9.17, 15) is 19.5 Å². The molecule has 6 unspecified atom stereocenters. The van der Waals surface area contributed by atoms with Crippen LogP contribution in [-0.2, 0) is 24.4 Å². The summed E-state index contributed by atoms with van der Waals surface area (Å²) >= 11 is 0. The van der Waals surface area contributed by atoms with Gasteiger partial charge in [0.2, 0.25) is 5.78 Å². The fraction of sp³-hybridized carbons (Fsp3) is 0.400. The molecule has 0 amide bonds. The Morgan fingerprint density at radius 2 is 1.64 bits per heavy atom. The molecule has 0 spiro atoms. The molecular weight excluding hydrogens is 634 g/mol. The fourth-order valence-electron chi connectivity index (χ4n) is 8.88. The number of ketones is 3. The minimum Gasteiger partial charge on any atom is -0.488 e. The van der Waals surface area contributed by atoms with Gasteiger partial charge >= 0.3 is 0 Å². The van der Waals surface area contributed by atoms with E-state index in [0.717, 1.165) is 41.6 Å². The number of hydrogen-bond acceptors (Lipinski definition) is 10. The molecule has 50 heavy (non-hydrogen) atoms. The van der Waals surface area contributed by atoms with Crippen molar-refractivity contribution in [3.63, 3.8) is 0 Å². The van der Waals surface area contributed by atoms with Gasteiger partial charge in [-0.15, -0.1) is 0 Å². The molecule has 1 saturated heterocycles. The first-order valence-corrected chi connectivity index (χ1v) is 17.4. The normalized spacial score (nSPS) is 27.5. The van der Waals surface area contributed by atoms with Gasteiger partial charge in [0.1, 0.15) is 24.5 Å². The van der Waals surface area contributed by atoms with E-state index in [1.54, 1.807) is 0 Å². The molecule has 258 valence electrons. The van der Waals surface area contributed by atoms with Gasteiger partial charge in [-0.25, -0.2) is 0 Å². The molecule has 0 radical (unpaired) electrons. The van der Waals surface area contributed by atoms with Crippen LogP contribution in [0.1, 0.15) is 80.1 Å². The van der Waals surface area contributed by atoms with E-state index in [2.05, 4.69) is 23.2 Å². The number of rotatable bonds is 8. The second-order valence-electron chi connectivity index (χ2n) is 14.5. The molecule has 1 aliphatic heterocycles. The van der Waals surface area contributed by atoms with Gasteiger partial charge in [0.05, 0.1) is 17.5 Å². The van der Waals surface area contributed by atoms with Crippen molar-refractivity contribution in [2.45, 2.75) is 56.6 Å². The Morgan fingerprint density at radius 1 is 0.960 bits per heavy atom. The van der Waals surface area contributed by atoms with Crippen molar-refractivity contribution in [3.8, 4) is 11.6 Å². The topological polar surface area (TPSA) is 122 Å². The van der Waals surface area contributed by atoms with Gasteiger partial charge in [-0.3, -0.25) is 24.2 Å². The van der Waals surface area contributed by atoms with Crippen LogP contribution in [-0.4, -0.2) is 70.7 Å². The molecule has 10 nitrogen and oxygen atoms in total. The van der Waals surface area contributed by atoms with Crippen LogP contribution in [0.15, 0.2) is 77.3 Å². The first-order chi connectivity index (χ1) is 24.2. The smallest absolute Gasteiger partial charge is 0.265 e. The summed E-state index contributed by atoms with van der Waals surface area (Å²) in [4.78, 5) is 47.9. The molecule has 2 fully saturated rings. The largest absolute Gasteiger partial charge is 0.488 e. The van der Waals surface area contributed by atoms with Crippen LogP contribution in [0.2, 0.25) is 0 Å². The van der Waals surface area contributed by atoms with E-state index < -0.39 is 46.7 Å². The van der Waals surface area contributed by atoms with E-state index >= 15 is 0 Å². The highest BCUT2D eigenvalue weighted by atomic mass is 16.5. The van der Waals surface area contributed by atoms with Crippen LogP contribution in [0.4, 0.5) is 0 Å². The van der Waals surface area contributed by atoms with E-state index in [1.807, 2.05) is 85.7 Å². The number of aromatic nitrogens is 1. The van der Waals surface area contributed by atoms with E-state index in [-0.39, 0.29) is 42.9 Å². The first-order valence-electron chi connectivity index (χ1n) is 17.4. The maximum atomic E-state index is 14.7. The van der Waals surface area contributed by atoms with Crippen LogP contribution < -0.4 is 9.47 Å². The second kappa shape index (κ2) is 12.6. The quantitative estimate of drug-likeness (QED) is 0.243. The Morgan fingerprint density at radius 3 is 2.28 bits per heavy atom. The summed E-state index contributed by atoms with van der Waals surface area (Å²) in [6.07, 6.45) is 2.80.